The van der Waals surface area contributed by atoms with Crippen molar-refractivity contribution in [1.82, 2.24) is 10.2 Å². The second-order valence-corrected chi connectivity index (χ2v) is 5.01. The maximum atomic E-state index is 11.8. The third kappa shape index (κ3) is 5.67. The van der Waals surface area contributed by atoms with Crippen molar-refractivity contribution in [3.8, 4) is 0 Å². The van der Waals surface area contributed by atoms with Gasteiger partial charge in [0, 0.05) is 30.2 Å². The molecule has 1 aromatic rings. The highest BCUT2D eigenvalue weighted by Crippen LogP contribution is 2.10. The molecule has 1 aliphatic heterocycles. The molecule has 1 amide bonds. The standard InChI is InChI=1S/C14H19ClN2O2.ClH/c15-13-4-1-3-12(11-13)14(18)16-5-2-6-17-7-9-19-10-8-17;/h1,3-4,11H,2,5-10H2,(H,16,18);1H/p-1. The Labute approximate surface area is 130 Å². The molecule has 6 heteroatoms. The zero-order chi connectivity index (χ0) is 13.5. The van der Waals surface area contributed by atoms with Gasteiger partial charge in [0.05, 0.1) is 13.2 Å². The Morgan fingerprint density at radius 2 is 2.10 bits per heavy atom. The molecule has 0 bridgehead atoms. The number of rotatable bonds is 5. The molecule has 4 nitrogen and oxygen atoms in total. The van der Waals surface area contributed by atoms with Crippen molar-refractivity contribution in [2.24, 2.45) is 0 Å². The van der Waals surface area contributed by atoms with Gasteiger partial charge in [-0.25, -0.2) is 0 Å². The summed E-state index contributed by atoms with van der Waals surface area (Å²) in [6.07, 6.45) is 0.951. The second-order valence-electron chi connectivity index (χ2n) is 4.57. The van der Waals surface area contributed by atoms with Gasteiger partial charge >= 0.3 is 0 Å². The normalized spacial score (nSPS) is 15.4. The molecule has 1 aliphatic rings. The van der Waals surface area contributed by atoms with Gasteiger partial charge in [0.1, 0.15) is 0 Å². The Morgan fingerprint density at radius 1 is 1.35 bits per heavy atom. The number of morpholine rings is 1. The minimum absolute atomic E-state index is 0. The summed E-state index contributed by atoms with van der Waals surface area (Å²) in [5.74, 6) is -0.0653. The highest BCUT2D eigenvalue weighted by molar-refractivity contribution is 6.30. The van der Waals surface area contributed by atoms with Crippen LogP contribution >= 0.6 is 11.6 Å². The fourth-order valence-electron chi connectivity index (χ4n) is 2.06. The molecule has 1 fully saturated rings. The van der Waals surface area contributed by atoms with E-state index in [9.17, 15) is 4.79 Å². The number of hydrogen-bond donors (Lipinski definition) is 1. The quantitative estimate of drug-likeness (QED) is 0.693. The third-order valence-corrected chi connectivity index (χ3v) is 3.36. The molecule has 0 aromatic heterocycles. The number of ether oxygens (including phenoxy) is 1. The van der Waals surface area contributed by atoms with Crippen molar-refractivity contribution in [2.75, 3.05) is 39.4 Å². The maximum absolute atomic E-state index is 11.8. The Kier molecular flexibility index (Phi) is 7.92. The van der Waals surface area contributed by atoms with Crippen molar-refractivity contribution in [3.63, 3.8) is 0 Å². The fourth-order valence-corrected chi connectivity index (χ4v) is 2.25. The van der Waals surface area contributed by atoms with Crippen LogP contribution in [0.25, 0.3) is 0 Å². The van der Waals surface area contributed by atoms with Crippen LogP contribution in [-0.2, 0) is 4.74 Å². The van der Waals surface area contributed by atoms with E-state index >= 15 is 0 Å². The number of halogens is 2. The molecular weight excluding hydrogens is 299 g/mol. The predicted molar refractivity (Wildman–Crippen MR) is 75.7 cm³/mol. The van der Waals surface area contributed by atoms with E-state index in [0.29, 0.717) is 17.1 Å². The van der Waals surface area contributed by atoms with Gasteiger partial charge in [-0.15, -0.1) is 0 Å². The average Bonchev–Trinajstić information content (AvgIpc) is 2.44. The van der Waals surface area contributed by atoms with Crippen LogP contribution in [0.1, 0.15) is 16.8 Å². The lowest BCUT2D eigenvalue weighted by atomic mass is 10.2. The van der Waals surface area contributed by atoms with E-state index in [1.165, 1.54) is 0 Å². The van der Waals surface area contributed by atoms with E-state index in [-0.39, 0.29) is 18.3 Å². The number of hydrogen-bond acceptors (Lipinski definition) is 3. The fraction of sp³-hybridized carbons (Fsp3) is 0.500. The number of carbonyl (C=O) groups is 1. The Bertz CT molecular complexity index is 423. The van der Waals surface area contributed by atoms with E-state index < -0.39 is 0 Å². The molecule has 1 saturated heterocycles. The maximum Gasteiger partial charge on any atom is 0.251 e. The van der Waals surface area contributed by atoms with Gasteiger partial charge in [0.2, 0.25) is 0 Å². The summed E-state index contributed by atoms with van der Waals surface area (Å²) in [5, 5.41) is 3.49. The molecule has 1 N–H and O–H groups in total. The van der Waals surface area contributed by atoms with Crippen molar-refractivity contribution in [2.45, 2.75) is 6.42 Å². The molecule has 2 rings (SSSR count). The van der Waals surface area contributed by atoms with Gasteiger partial charge < -0.3 is 22.5 Å². The van der Waals surface area contributed by atoms with Crippen LogP contribution in [0.3, 0.4) is 0 Å². The van der Waals surface area contributed by atoms with E-state index in [0.717, 1.165) is 39.3 Å². The molecule has 0 unspecified atom stereocenters. The summed E-state index contributed by atoms with van der Waals surface area (Å²) >= 11 is 5.85. The predicted octanol–water partition coefficient (Wildman–Crippen LogP) is -1.20. The monoisotopic (exact) mass is 317 g/mol. The molecule has 0 radical (unpaired) electrons. The van der Waals surface area contributed by atoms with Crippen LogP contribution in [0.2, 0.25) is 5.02 Å². The number of carbonyl (C=O) groups excluding carboxylic acids is 1. The highest BCUT2D eigenvalue weighted by atomic mass is 35.5. The highest BCUT2D eigenvalue weighted by Gasteiger charge is 2.10. The summed E-state index contributed by atoms with van der Waals surface area (Å²) in [4.78, 5) is 14.2. The van der Waals surface area contributed by atoms with Gasteiger partial charge in [-0.1, -0.05) is 17.7 Å². The van der Waals surface area contributed by atoms with Crippen molar-refractivity contribution in [3.05, 3.63) is 34.9 Å². The third-order valence-electron chi connectivity index (χ3n) is 3.13. The van der Waals surface area contributed by atoms with Gasteiger partial charge in [-0.3, -0.25) is 9.69 Å². The van der Waals surface area contributed by atoms with Gasteiger partial charge in [0.25, 0.3) is 5.91 Å². The van der Waals surface area contributed by atoms with Gasteiger partial charge in [-0.05, 0) is 31.2 Å². The molecule has 1 aromatic carbocycles. The first-order chi connectivity index (χ1) is 9.25. The molecule has 112 valence electrons. The first kappa shape index (κ1) is 17.2. The molecule has 20 heavy (non-hydrogen) atoms. The first-order valence-electron chi connectivity index (χ1n) is 6.59. The lowest BCUT2D eigenvalue weighted by Crippen LogP contribution is -3.00. The summed E-state index contributed by atoms with van der Waals surface area (Å²) in [6.45, 7) is 5.29. The summed E-state index contributed by atoms with van der Waals surface area (Å²) < 4.78 is 5.29. The van der Waals surface area contributed by atoms with Crippen LogP contribution in [0.15, 0.2) is 24.3 Å². The summed E-state index contributed by atoms with van der Waals surface area (Å²) in [7, 11) is 0. The van der Waals surface area contributed by atoms with E-state index in [2.05, 4.69) is 10.2 Å². The molecular formula is C14H19Cl2N2O2-. The Balaban J connectivity index is 0.00000200. The largest absolute Gasteiger partial charge is 1.00 e. The summed E-state index contributed by atoms with van der Waals surface area (Å²) in [6, 6.07) is 6.99. The first-order valence-corrected chi connectivity index (χ1v) is 6.97. The average molecular weight is 318 g/mol. The van der Waals surface area contributed by atoms with E-state index in [1.807, 2.05) is 0 Å². The van der Waals surface area contributed by atoms with Crippen LogP contribution in [0, 0.1) is 0 Å². The number of amides is 1. The molecule has 0 saturated carbocycles. The van der Waals surface area contributed by atoms with E-state index in [1.54, 1.807) is 24.3 Å². The van der Waals surface area contributed by atoms with Crippen LogP contribution in [0.4, 0.5) is 0 Å². The summed E-state index contributed by atoms with van der Waals surface area (Å²) in [5.41, 5.74) is 0.610. The molecule has 1 heterocycles. The minimum Gasteiger partial charge on any atom is -1.00 e. The minimum atomic E-state index is -0.0653. The van der Waals surface area contributed by atoms with Crippen LogP contribution in [-0.4, -0.2) is 50.2 Å². The van der Waals surface area contributed by atoms with Crippen molar-refractivity contribution in [1.29, 1.82) is 0 Å². The molecule has 0 spiro atoms. The molecule has 0 aliphatic carbocycles. The van der Waals surface area contributed by atoms with Crippen LogP contribution < -0.4 is 17.7 Å². The van der Waals surface area contributed by atoms with Crippen molar-refractivity contribution < 1.29 is 21.9 Å². The molecule has 0 atom stereocenters. The SMILES string of the molecule is O=C(NCCCN1CCOCC1)c1cccc(Cl)c1.[Cl-]. The Morgan fingerprint density at radius 3 is 2.80 bits per heavy atom. The lowest BCUT2D eigenvalue weighted by molar-refractivity contribution is -0.0000134. The topological polar surface area (TPSA) is 41.6 Å². The van der Waals surface area contributed by atoms with E-state index in [4.69, 9.17) is 16.3 Å². The Hall–Kier alpha value is -0.810. The zero-order valence-corrected chi connectivity index (χ0v) is 12.8. The van der Waals surface area contributed by atoms with Crippen molar-refractivity contribution >= 4 is 17.5 Å². The van der Waals surface area contributed by atoms with Gasteiger partial charge in [0.15, 0.2) is 0 Å². The lowest BCUT2D eigenvalue weighted by Gasteiger charge is -2.26. The zero-order valence-electron chi connectivity index (χ0n) is 11.3. The van der Waals surface area contributed by atoms with Gasteiger partial charge in [-0.2, -0.15) is 0 Å². The number of nitrogens with one attached hydrogen (secondary N) is 1. The van der Waals surface area contributed by atoms with Crippen LogP contribution in [0.5, 0.6) is 0 Å². The second kappa shape index (κ2) is 9.19. The smallest absolute Gasteiger partial charge is 0.251 e. The number of benzene rings is 1. The number of nitrogens with zero attached hydrogens (tertiary/aromatic N) is 1.